The molecule has 1 N–H and O–H groups in total. The van der Waals surface area contributed by atoms with Crippen molar-refractivity contribution >= 4 is 11.6 Å². The Bertz CT molecular complexity index is 994. The van der Waals surface area contributed by atoms with Crippen LogP contribution in [0.5, 0.6) is 0 Å². The van der Waals surface area contributed by atoms with Crippen molar-refractivity contribution in [1.82, 2.24) is 19.6 Å². The summed E-state index contributed by atoms with van der Waals surface area (Å²) in [5, 5.41) is 8.23. The number of fused-ring (bicyclic) bond motifs is 3. The van der Waals surface area contributed by atoms with E-state index in [1.54, 1.807) is 4.52 Å². The molecule has 0 amide bonds. The van der Waals surface area contributed by atoms with Crippen molar-refractivity contribution in [2.75, 3.05) is 5.32 Å². The minimum Gasteiger partial charge on any atom is -0.373 e. The zero-order valence-corrected chi connectivity index (χ0v) is 15.7. The molecular weight excluding hydrogens is 364 g/mol. The van der Waals surface area contributed by atoms with Crippen LogP contribution in [0, 0.1) is 17.3 Å². The molecule has 0 radical (unpaired) electrons. The standard InChI is InChI=1S/C20H23F2N5O/c1-19(21,22)5-4-10-6-15-24-17(9-2-3-9)25-18(27(15)26-10)23-13-8-14-20(13)12-7-11(12)16(20)28-14/h6,9,11-14,16H,2-5,7-8H2,1H3,(H,23,24,25)/t11?,12?,13?,14?,16?,20-/m1/s1. The third kappa shape index (κ3) is 1.97. The number of rotatable bonds is 6. The number of alkyl halides is 2. The normalized spacial score (nSPS) is 39.9. The zero-order chi connectivity index (χ0) is 18.8. The van der Waals surface area contributed by atoms with Crippen molar-refractivity contribution in [3.8, 4) is 0 Å². The van der Waals surface area contributed by atoms with Crippen LogP contribution in [0.25, 0.3) is 5.65 Å². The first kappa shape index (κ1) is 16.0. The molecule has 6 atom stereocenters. The van der Waals surface area contributed by atoms with E-state index in [0.29, 0.717) is 46.9 Å². The highest BCUT2D eigenvalue weighted by Crippen LogP contribution is 2.81. The van der Waals surface area contributed by atoms with E-state index in [0.717, 1.165) is 43.8 Å². The molecule has 0 aromatic carbocycles. The second-order valence-electron chi connectivity index (χ2n) is 9.64. The lowest BCUT2D eigenvalue weighted by molar-refractivity contribution is -0.368. The molecule has 1 saturated heterocycles. The van der Waals surface area contributed by atoms with Gasteiger partial charge in [0.05, 0.1) is 17.9 Å². The van der Waals surface area contributed by atoms with E-state index in [1.165, 1.54) is 6.42 Å². The lowest BCUT2D eigenvalue weighted by atomic mass is 9.45. The topological polar surface area (TPSA) is 64.3 Å². The third-order valence-corrected chi connectivity index (χ3v) is 7.74. The third-order valence-electron chi connectivity index (χ3n) is 7.74. The van der Waals surface area contributed by atoms with Crippen LogP contribution in [0.2, 0.25) is 0 Å². The van der Waals surface area contributed by atoms with Gasteiger partial charge in [0.15, 0.2) is 5.65 Å². The Kier molecular flexibility index (Phi) is 2.76. The van der Waals surface area contributed by atoms with Gasteiger partial charge in [0, 0.05) is 29.9 Å². The number of halogens is 2. The molecule has 3 heterocycles. The van der Waals surface area contributed by atoms with E-state index in [4.69, 9.17) is 9.72 Å². The maximum absolute atomic E-state index is 13.3. The fourth-order valence-electron chi connectivity index (χ4n) is 6.03. The first-order valence-electron chi connectivity index (χ1n) is 10.5. The van der Waals surface area contributed by atoms with Crippen LogP contribution in [-0.4, -0.2) is 43.8 Å². The predicted molar refractivity (Wildman–Crippen MR) is 96.4 cm³/mol. The Balaban J connectivity index is 1.22. The highest BCUT2D eigenvalue weighted by atomic mass is 19.3. The highest BCUT2D eigenvalue weighted by Gasteiger charge is 2.87. The van der Waals surface area contributed by atoms with Crippen LogP contribution in [-0.2, 0) is 11.2 Å². The van der Waals surface area contributed by atoms with Gasteiger partial charge in [-0.15, -0.1) is 0 Å². The van der Waals surface area contributed by atoms with Crippen molar-refractivity contribution < 1.29 is 13.5 Å². The molecule has 0 bridgehead atoms. The van der Waals surface area contributed by atoms with E-state index < -0.39 is 5.92 Å². The maximum atomic E-state index is 13.3. The first-order chi connectivity index (χ1) is 13.4. The van der Waals surface area contributed by atoms with Crippen LogP contribution in [0.15, 0.2) is 6.07 Å². The molecule has 4 aliphatic carbocycles. The number of nitrogens with zero attached hydrogens (tertiary/aromatic N) is 4. The molecule has 5 unspecified atom stereocenters. The Morgan fingerprint density at radius 3 is 2.89 bits per heavy atom. The van der Waals surface area contributed by atoms with Gasteiger partial charge in [-0.1, -0.05) is 0 Å². The summed E-state index contributed by atoms with van der Waals surface area (Å²) in [5.74, 6) is 0.922. The van der Waals surface area contributed by atoms with Crippen molar-refractivity contribution in [3.05, 3.63) is 17.6 Å². The van der Waals surface area contributed by atoms with Crippen LogP contribution < -0.4 is 5.32 Å². The summed E-state index contributed by atoms with van der Waals surface area (Å²) in [6.07, 6.45) is 5.44. The Morgan fingerprint density at radius 1 is 1.32 bits per heavy atom. The molecule has 7 rings (SSSR count). The van der Waals surface area contributed by atoms with Gasteiger partial charge in [0.25, 0.3) is 0 Å². The van der Waals surface area contributed by atoms with Gasteiger partial charge in [0.1, 0.15) is 5.82 Å². The summed E-state index contributed by atoms with van der Waals surface area (Å²) < 4.78 is 34.3. The molecule has 5 aliphatic rings. The number of ether oxygens (including phenoxy) is 1. The van der Waals surface area contributed by atoms with Gasteiger partial charge in [-0.3, -0.25) is 0 Å². The van der Waals surface area contributed by atoms with E-state index in [-0.39, 0.29) is 12.8 Å². The number of aromatic nitrogens is 4. The average molecular weight is 387 g/mol. The number of aryl methyl sites for hydroxylation is 1. The number of hydrogen-bond donors (Lipinski definition) is 1. The second-order valence-corrected chi connectivity index (χ2v) is 9.64. The van der Waals surface area contributed by atoms with E-state index in [2.05, 4.69) is 15.4 Å². The van der Waals surface area contributed by atoms with Gasteiger partial charge < -0.3 is 10.1 Å². The Hall–Kier alpha value is -1.83. The molecule has 148 valence electrons. The zero-order valence-electron chi connectivity index (χ0n) is 15.7. The molecule has 2 aromatic rings. The first-order valence-corrected chi connectivity index (χ1v) is 10.5. The van der Waals surface area contributed by atoms with Gasteiger partial charge >= 0.3 is 0 Å². The molecule has 5 fully saturated rings. The molecule has 2 aromatic heterocycles. The van der Waals surface area contributed by atoms with Crippen molar-refractivity contribution in [3.63, 3.8) is 0 Å². The predicted octanol–water partition coefficient (Wildman–Crippen LogP) is 3.18. The minimum absolute atomic E-state index is 0.210. The van der Waals surface area contributed by atoms with Crippen LogP contribution in [0.4, 0.5) is 14.7 Å². The molecule has 6 nitrogen and oxygen atoms in total. The maximum Gasteiger partial charge on any atom is 0.245 e. The number of hydrogen-bond acceptors (Lipinski definition) is 5. The summed E-state index contributed by atoms with van der Waals surface area (Å²) in [4.78, 5) is 9.47. The Morgan fingerprint density at radius 2 is 2.18 bits per heavy atom. The summed E-state index contributed by atoms with van der Waals surface area (Å²) >= 11 is 0. The van der Waals surface area contributed by atoms with Gasteiger partial charge in [0.2, 0.25) is 11.9 Å². The second kappa shape index (κ2) is 4.83. The average Bonchev–Trinajstić information content (AvgIpc) is 3.52. The fourth-order valence-corrected chi connectivity index (χ4v) is 6.03. The minimum atomic E-state index is -2.69. The molecule has 1 spiro atoms. The van der Waals surface area contributed by atoms with Gasteiger partial charge in [-0.2, -0.15) is 14.6 Å². The summed E-state index contributed by atoms with van der Waals surface area (Å²) in [5.41, 5.74) is 1.68. The van der Waals surface area contributed by atoms with Crippen LogP contribution in [0.1, 0.15) is 56.5 Å². The summed E-state index contributed by atoms with van der Waals surface area (Å²) in [6.45, 7) is 0.952. The molecule has 28 heavy (non-hydrogen) atoms. The molecule has 8 heteroatoms. The van der Waals surface area contributed by atoms with Crippen molar-refractivity contribution in [2.45, 2.75) is 75.5 Å². The van der Waals surface area contributed by atoms with Gasteiger partial charge in [-0.05, 0) is 50.9 Å². The van der Waals surface area contributed by atoms with Crippen LogP contribution in [0.3, 0.4) is 0 Å². The largest absolute Gasteiger partial charge is 0.373 e. The van der Waals surface area contributed by atoms with Crippen molar-refractivity contribution in [2.24, 2.45) is 17.3 Å². The fraction of sp³-hybridized carbons (Fsp3) is 0.750. The summed E-state index contributed by atoms with van der Waals surface area (Å²) in [7, 11) is 0. The highest BCUT2D eigenvalue weighted by molar-refractivity contribution is 5.49. The molecule has 4 saturated carbocycles. The lowest BCUT2D eigenvalue weighted by Crippen LogP contribution is -2.82. The SMILES string of the molecule is CC(F)(F)CCc1cc2nc(C3CC3)nc(NC3CC4OC5C6CC6[C@@]345)n2n1. The lowest BCUT2D eigenvalue weighted by Gasteiger charge is -2.73. The van der Waals surface area contributed by atoms with Crippen LogP contribution >= 0.6 is 0 Å². The van der Waals surface area contributed by atoms with E-state index in [1.807, 2.05) is 6.07 Å². The summed E-state index contributed by atoms with van der Waals surface area (Å²) in [6, 6.07) is 2.21. The van der Waals surface area contributed by atoms with E-state index in [9.17, 15) is 8.78 Å². The molecular formula is C20H23F2N5O. The number of nitrogens with one attached hydrogen (secondary N) is 1. The van der Waals surface area contributed by atoms with Crippen molar-refractivity contribution in [1.29, 1.82) is 0 Å². The Labute approximate surface area is 161 Å². The smallest absolute Gasteiger partial charge is 0.245 e. The quantitative estimate of drug-likeness (QED) is 0.825. The monoisotopic (exact) mass is 387 g/mol. The number of anilines is 1. The van der Waals surface area contributed by atoms with Gasteiger partial charge in [-0.25, -0.2) is 13.8 Å². The van der Waals surface area contributed by atoms with E-state index >= 15 is 0 Å². The molecule has 1 aliphatic heterocycles.